The van der Waals surface area contributed by atoms with Gasteiger partial charge in [-0.25, -0.2) is 29.1 Å². The minimum atomic E-state index is -0.426. The first-order valence-electron chi connectivity index (χ1n) is 5.06. The molecule has 94 valence electrons. The monoisotopic (exact) mass is 249 g/mol. The highest BCUT2D eigenvalue weighted by Gasteiger charge is 2.14. The number of rotatable bonds is 1. The van der Waals surface area contributed by atoms with Crippen LogP contribution in [0.15, 0.2) is 12.7 Å². The molecule has 0 radical (unpaired) electrons. The summed E-state index contributed by atoms with van der Waals surface area (Å²) in [7, 11) is 2.98. The molecule has 0 aromatic carbocycles. The quantitative estimate of drug-likeness (QED) is 0.645. The number of urea groups is 1. The third-order valence-electron chi connectivity index (χ3n) is 2.23. The van der Waals surface area contributed by atoms with Gasteiger partial charge in [-0.3, -0.25) is 5.32 Å². The van der Waals surface area contributed by atoms with Crippen LogP contribution in [-0.2, 0) is 0 Å². The number of amides is 3. The zero-order chi connectivity index (χ0) is 13.1. The molecule has 0 spiro atoms. The molecule has 2 aromatic rings. The summed E-state index contributed by atoms with van der Waals surface area (Å²) in [6.45, 7) is 0. The second kappa shape index (κ2) is 4.65. The molecule has 0 unspecified atom stereocenters. The number of fused-ring (bicyclic) bond motifs is 1. The zero-order valence-corrected chi connectivity index (χ0v) is 9.76. The first-order valence-corrected chi connectivity index (χ1v) is 5.06. The number of anilines is 1. The van der Waals surface area contributed by atoms with Crippen molar-refractivity contribution in [3.8, 4) is 0 Å². The Labute approximate surface area is 102 Å². The lowest BCUT2D eigenvalue weighted by molar-refractivity contribution is 0.245. The van der Waals surface area contributed by atoms with Gasteiger partial charge in [0, 0.05) is 14.1 Å². The SMILES string of the molecule is CNC(=O)Nc1ncnc2c1ncn2C(=O)NC. The summed E-state index contributed by atoms with van der Waals surface area (Å²) < 4.78 is 1.23. The van der Waals surface area contributed by atoms with E-state index in [1.165, 1.54) is 31.3 Å². The molecule has 2 rings (SSSR count). The van der Waals surface area contributed by atoms with Crippen molar-refractivity contribution in [1.29, 1.82) is 0 Å². The minimum Gasteiger partial charge on any atom is -0.341 e. The smallest absolute Gasteiger partial charge is 0.328 e. The second-order valence-electron chi connectivity index (χ2n) is 3.27. The highest BCUT2D eigenvalue weighted by Crippen LogP contribution is 2.16. The summed E-state index contributed by atoms with van der Waals surface area (Å²) in [5.41, 5.74) is 0.653. The van der Waals surface area contributed by atoms with Crippen molar-refractivity contribution < 1.29 is 9.59 Å². The van der Waals surface area contributed by atoms with Gasteiger partial charge in [0.2, 0.25) is 0 Å². The fraction of sp³-hybridized carbons (Fsp3) is 0.222. The van der Waals surface area contributed by atoms with Crippen LogP contribution in [0.2, 0.25) is 0 Å². The fourth-order valence-electron chi connectivity index (χ4n) is 1.37. The van der Waals surface area contributed by atoms with Crippen molar-refractivity contribution in [2.75, 3.05) is 19.4 Å². The van der Waals surface area contributed by atoms with Gasteiger partial charge < -0.3 is 10.6 Å². The molecule has 9 nitrogen and oxygen atoms in total. The molecule has 0 bridgehead atoms. The molecule has 9 heteroatoms. The third-order valence-corrected chi connectivity index (χ3v) is 2.23. The predicted molar refractivity (Wildman–Crippen MR) is 63.3 cm³/mol. The lowest BCUT2D eigenvalue weighted by atomic mass is 10.5. The molecule has 18 heavy (non-hydrogen) atoms. The average Bonchev–Trinajstić information content (AvgIpc) is 2.82. The highest BCUT2D eigenvalue weighted by molar-refractivity contribution is 5.97. The molecule has 0 aliphatic rings. The van der Waals surface area contributed by atoms with Gasteiger partial charge in [-0.2, -0.15) is 0 Å². The molecule has 0 aliphatic carbocycles. The molecule has 3 N–H and O–H groups in total. The van der Waals surface area contributed by atoms with Crippen molar-refractivity contribution in [2.45, 2.75) is 0 Å². The van der Waals surface area contributed by atoms with Crippen molar-refractivity contribution >= 4 is 29.0 Å². The number of carbonyl (C=O) groups is 2. The maximum atomic E-state index is 11.5. The van der Waals surface area contributed by atoms with Crippen molar-refractivity contribution in [1.82, 2.24) is 30.2 Å². The van der Waals surface area contributed by atoms with Gasteiger partial charge in [0.1, 0.15) is 12.7 Å². The van der Waals surface area contributed by atoms with Crippen molar-refractivity contribution in [3.05, 3.63) is 12.7 Å². The number of carbonyl (C=O) groups excluding carboxylic acids is 2. The Balaban J connectivity index is 2.48. The lowest BCUT2D eigenvalue weighted by Crippen LogP contribution is -2.25. The number of nitrogens with zero attached hydrogens (tertiary/aromatic N) is 4. The molecule has 0 saturated carbocycles. The Kier molecular flexibility index (Phi) is 3.04. The molecular weight excluding hydrogens is 238 g/mol. The van der Waals surface area contributed by atoms with Gasteiger partial charge in [-0.15, -0.1) is 0 Å². The predicted octanol–water partition coefficient (Wildman–Crippen LogP) is -0.235. The maximum absolute atomic E-state index is 11.5. The highest BCUT2D eigenvalue weighted by atomic mass is 16.2. The van der Waals surface area contributed by atoms with Gasteiger partial charge in [0.15, 0.2) is 17.0 Å². The summed E-state index contributed by atoms with van der Waals surface area (Å²) >= 11 is 0. The number of hydrogen-bond acceptors (Lipinski definition) is 5. The topological polar surface area (TPSA) is 114 Å². The molecule has 0 saturated heterocycles. The Bertz CT molecular complexity index is 606. The largest absolute Gasteiger partial charge is 0.341 e. The van der Waals surface area contributed by atoms with E-state index < -0.39 is 6.03 Å². The van der Waals surface area contributed by atoms with Crippen LogP contribution >= 0.6 is 0 Å². The van der Waals surface area contributed by atoms with E-state index >= 15 is 0 Å². The van der Waals surface area contributed by atoms with Crippen LogP contribution in [0, 0.1) is 0 Å². The van der Waals surface area contributed by atoms with Crippen molar-refractivity contribution in [3.63, 3.8) is 0 Å². The number of aromatic nitrogens is 4. The van der Waals surface area contributed by atoms with E-state index in [-0.39, 0.29) is 11.8 Å². The zero-order valence-electron chi connectivity index (χ0n) is 9.76. The average molecular weight is 249 g/mol. The van der Waals surface area contributed by atoms with Crippen LogP contribution < -0.4 is 16.0 Å². The Morgan fingerprint density at radius 1 is 1.17 bits per heavy atom. The van der Waals surface area contributed by atoms with Gasteiger partial charge in [0.25, 0.3) is 0 Å². The lowest BCUT2D eigenvalue weighted by Gasteiger charge is -2.04. The van der Waals surface area contributed by atoms with Crippen LogP contribution in [0.3, 0.4) is 0 Å². The summed E-state index contributed by atoms with van der Waals surface area (Å²) in [6.07, 6.45) is 2.56. The van der Waals surface area contributed by atoms with Crippen LogP contribution in [0.1, 0.15) is 0 Å². The van der Waals surface area contributed by atoms with E-state index in [2.05, 4.69) is 30.9 Å². The number of imidazole rings is 1. The standard InChI is InChI=1S/C9H11N7O2/c1-10-8(17)15-6-5-7(13-3-12-6)16(4-14-5)9(18)11-2/h3-4H,1-2H3,(H,11,18)(H2,10,12,13,15,17). The fourth-order valence-corrected chi connectivity index (χ4v) is 1.37. The molecule has 2 heterocycles. The van der Waals surface area contributed by atoms with Gasteiger partial charge >= 0.3 is 12.1 Å². The van der Waals surface area contributed by atoms with E-state index in [0.29, 0.717) is 11.2 Å². The van der Waals surface area contributed by atoms with Crippen LogP contribution in [-0.4, -0.2) is 45.7 Å². The summed E-state index contributed by atoms with van der Waals surface area (Å²) in [6, 6.07) is -0.799. The summed E-state index contributed by atoms with van der Waals surface area (Å²) in [5, 5.41) is 7.35. The molecule has 2 aromatic heterocycles. The van der Waals surface area contributed by atoms with E-state index in [1.807, 2.05) is 0 Å². The van der Waals surface area contributed by atoms with E-state index in [4.69, 9.17) is 0 Å². The normalized spacial score (nSPS) is 10.1. The van der Waals surface area contributed by atoms with Crippen molar-refractivity contribution in [2.24, 2.45) is 0 Å². The first kappa shape index (κ1) is 11.8. The molecular formula is C9H11N7O2. The molecule has 3 amide bonds. The summed E-state index contributed by atoms with van der Waals surface area (Å²) in [5.74, 6) is 0.238. The van der Waals surface area contributed by atoms with E-state index in [9.17, 15) is 9.59 Å². The number of hydrogen-bond donors (Lipinski definition) is 3. The molecule has 0 atom stereocenters. The van der Waals surface area contributed by atoms with E-state index in [1.54, 1.807) is 0 Å². The van der Waals surface area contributed by atoms with Gasteiger partial charge in [0.05, 0.1) is 0 Å². The van der Waals surface area contributed by atoms with Gasteiger partial charge in [-0.05, 0) is 0 Å². The number of nitrogens with one attached hydrogen (secondary N) is 3. The third kappa shape index (κ3) is 1.93. The molecule has 0 aliphatic heterocycles. The van der Waals surface area contributed by atoms with Crippen LogP contribution in [0.25, 0.3) is 11.2 Å². The maximum Gasteiger partial charge on any atom is 0.328 e. The minimum absolute atomic E-state index is 0.238. The van der Waals surface area contributed by atoms with Crippen LogP contribution in [0.4, 0.5) is 15.4 Å². The molecule has 0 fully saturated rings. The first-order chi connectivity index (χ1) is 8.67. The van der Waals surface area contributed by atoms with Crippen LogP contribution in [0.5, 0.6) is 0 Å². The summed E-state index contributed by atoms with van der Waals surface area (Å²) in [4.78, 5) is 34.6. The Hall–Kier alpha value is -2.71. The Morgan fingerprint density at radius 2 is 1.94 bits per heavy atom. The second-order valence-corrected chi connectivity index (χ2v) is 3.27. The van der Waals surface area contributed by atoms with Gasteiger partial charge in [-0.1, -0.05) is 0 Å². The Morgan fingerprint density at radius 3 is 2.61 bits per heavy atom. The van der Waals surface area contributed by atoms with E-state index in [0.717, 1.165) is 0 Å².